The Morgan fingerprint density at radius 1 is 1.83 bits per heavy atom. The first-order valence-corrected chi connectivity index (χ1v) is 1.85. The molecule has 0 saturated carbocycles. The lowest BCUT2D eigenvalue weighted by atomic mass is 11.0. The Balaban J connectivity index is 3.05. The zero-order valence-corrected chi connectivity index (χ0v) is 3.73. The van der Waals surface area contributed by atoms with Gasteiger partial charge in [0.1, 0.15) is 6.26 Å². The molecule has 6 heavy (non-hydrogen) atoms. The first-order valence-electron chi connectivity index (χ1n) is 1.45. The van der Waals surface area contributed by atoms with E-state index in [2.05, 4.69) is 22.0 Å². The van der Waals surface area contributed by atoms with Gasteiger partial charge in [-0.15, -0.1) is 0 Å². The summed E-state index contributed by atoms with van der Waals surface area (Å²) in [6.45, 7) is 0. The fourth-order valence-corrected chi connectivity index (χ4v) is 0.300. The van der Waals surface area contributed by atoms with E-state index in [1.807, 2.05) is 0 Å². The number of hydrogen-bond donors (Lipinski definition) is 0. The van der Waals surface area contributed by atoms with Crippen molar-refractivity contribution in [3.8, 4) is 0 Å². The van der Waals surface area contributed by atoms with Crippen molar-refractivity contribution in [2.45, 2.75) is 5.03 Å². The number of nitrogens with zero attached hydrogens (tertiary/aromatic N) is 1. The van der Waals surface area contributed by atoms with Gasteiger partial charge in [0.05, 0.1) is 0 Å². The SMILES string of the molecule is [S]c1cocn1. The van der Waals surface area contributed by atoms with Gasteiger partial charge in [0.25, 0.3) is 0 Å². The van der Waals surface area contributed by atoms with Gasteiger partial charge >= 0.3 is 0 Å². The van der Waals surface area contributed by atoms with Crippen LogP contribution in [0.15, 0.2) is 22.1 Å². The minimum Gasteiger partial charge on any atom is -0.450 e. The van der Waals surface area contributed by atoms with Crippen molar-refractivity contribution in [3.05, 3.63) is 12.7 Å². The maximum atomic E-state index is 4.54. The predicted molar refractivity (Wildman–Crippen MR) is 22.4 cm³/mol. The molecule has 0 saturated heterocycles. The summed E-state index contributed by atoms with van der Waals surface area (Å²) in [6.07, 6.45) is 2.72. The average molecular weight is 100 g/mol. The van der Waals surface area contributed by atoms with Gasteiger partial charge in [0.2, 0.25) is 0 Å². The minimum absolute atomic E-state index is 0.509. The Kier molecular flexibility index (Phi) is 0.759. The zero-order chi connectivity index (χ0) is 4.41. The number of oxazole rings is 1. The minimum atomic E-state index is 0.509. The molecule has 0 amide bonds. The average Bonchev–Trinajstić information content (AvgIpc) is 1.86. The van der Waals surface area contributed by atoms with Crippen LogP contribution in [-0.2, 0) is 0 Å². The van der Waals surface area contributed by atoms with Gasteiger partial charge in [-0.3, -0.25) is 0 Å². The second-order valence-electron chi connectivity index (χ2n) is 0.827. The molecule has 0 aromatic carbocycles. The summed E-state index contributed by atoms with van der Waals surface area (Å²) in [6, 6.07) is 0. The maximum Gasteiger partial charge on any atom is 0.181 e. The molecule has 0 spiro atoms. The van der Waals surface area contributed by atoms with Crippen LogP contribution in [0.2, 0.25) is 0 Å². The molecule has 3 heteroatoms. The molecule has 0 unspecified atom stereocenters. The fourth-order valence-electron chi connectivity index (χ4n) is 0.201. The summed E-state index contributed by atoms with van der Waals surface area (Å²) in [5.41, 5.74) is 0. The quantitative estimate of drug-likeness (QED) is 0.490. The van der Waals surface area contributed by atoms with Crippen molar-refractivity contribution < 1.29 is 4.42 Å². The summed E-state index contributed by atoms with van der Waals surface area (Å²) in [7, 11) is 0. The van der Waals surface area contributed by atoms with E-state index in [-0.39, 0.29) is 0 Å². The molecule has 1 radical (unpaired) electrons. The number of rotatable bonds is 0. The fraction of sp³-hybridized carbons (Fsp3) is 0. The maximum absolute atomic E-state index is 4.54. The first kappa shape index (κ1) is 3.61. The van der Waals surface area contributed by atoms with Crippen LogP contribution in [0, 0.1) is 0 Å². The largest absolute Gasteiger partial charge is 0.450 e. The van der Waals surface area contributed by atoms with Crippen LogP contribution in [0.25, 0.3) is 0 Å². The van der Waals surface area contributed by atoms with Gasteiger partial charge in [0, 0.05) is 0 Å². The summed E-state index contributed by atoms with van der Waals surface area (Å²) < 4.78 is 4.50. The smallest absolute Gasteiger partial charge is 0.181 e. The Hall–Kier alpha value is -0.570. The molecule has 0 fully saturated rings. The van der Waals surface area contributed by atoms with Gasteiger partial charge in [-0.1, -0.05) is 12.6 Å². The van der Waals surface area contributed by atoms with Gasteiger partial charge in [-0.2, -0.15) is 0 Å². The van der Waals surface area contributed by atoms with Crippen molar-refractivity contribution in [1.29, 1.82) is 0 Å². The van der Waals surface area contributed by atoms with Crippen LogP contribution >= 0.6 is 12.6 Å². The van der Waals surface area contributed by atoms with Crippen LogP contribution in [0.5, 0.6) is 0 Å². The van der Waals surface area contributed by atoms with Gasteiger partial charge < -0.3 is 4.42 Å². The van der Waals surface area contributed by atoms with E-state index in [0.717, 1.165) is 0 Å². The van der Waals surface area contributed by atoms with E-state index in [0.29, 0.717) is 5.03 Å². The van der Waals surface area contributed by atoms with E-state index in [9.17, 15) is 0 Å². The Labute approximate surface area is 40.6 Å². The highest BCUT2D eigenvalue weighted by Gasteiger charge is 1.80. The standard InChI is InChI=1S/C3H2NOS/c6-3-1-5-2-4-3/h1-2H. The Bertz CT molecular complexity index is 114. The monoisotopic (exact) mass is 100.0 g/mol. The molecule has 0 N–H and O–H groups in total. The zero-order valence-electron chi connectivity index (χ0n) is 2.92. The molecule has 0 atom stereocenters. The van der Waals surface area contributed by atoms with Gasteiger partial charge in [-0.05, 0) is 0 Å². The topological polar surface area (TPSA) is 26.0 Å². The molecule has 0 aliphatic carbocycles. The van der Waals surface area contributed by atoms with E-state index in [1.54, 1.807) is 0 Å². The molecule has 0 aliphatic heterocycles. The van der Waals surface area contributed by atoms with Crippen molar-refractivity contribution in [2.24, 2.45) is 0 Å². The lowest BCUT2D eigenvalue weighted by molar-refractivity contribution is 0.555. The molecule has 31 valence electrons. The molecular formula is C3H2NOS. The molecule has 0 aliphatic rings. The van der Waals surface area contributed by atoms with E-state index < -0.39 is 0 Å². The lowest BCUT2D eigenvalue weighted by Gasteiger charge is -1.58. The third-order valence-corrected chi connectivity index (χ3v) is 0.611. The highest BCUT2D eigenvalue weighted by atomic mass is 32.1. The molecule has 0 bridgehead atoms. The number of aromatic nitrogens is 1. The summed E-state index contributed by atoms with van der Waals surface area (Å²) in [4.78, 5) is 3.56. The Morgan fingerprint density at radius 2 is 2.67 bits per heavy atom. The number of hydrogen-bond acceptors (Lipinski definition) is 2. The molecule has 1 heterocycles. The van der Waals surface area contributed by atoms with Crippen LogP contribution < -0.4 is 0 Å². The van der Waals surface area contributed by atoms with Crippen LogP contribution in [0.4, 0.5) is 0 Å². The molecule has 1 aromatic rings. The highest BCUT2D eigenvalue weighted by molar-refractivity contribution is 7.80. The van der Waals surface area contributed by atoms with E-state index in [4.69, 9.17) is 0 Å². The Morgan fingerprint density at radius 3 is 2.83 bits per heavy atom. The lowest BCUT2D eigenvalue weighted by Crippen LogP contribution is -1.51. The summed E-state index contributed by atoms with van der Waals surface area (Å²) >= 11 is 4.54. The summed E-state index contributed by atoms with van der Waals surface area (Å²) in [5.74, 6) is 0. The van der Waals surface area contributed by atoms with E-state index in [1.165, 1.54) is 12.7 Å². The van der Waals surface area contributed by atoms with Gasteiger partial charge in [-0.25, -0.2) is 4.98 Å². The van der Waals surface area contributed by atoms with Gasteiger partial charge in [0.15, 0.2) is 11.4 Å². The second-order valence-corrected chi connectivity index (χ2v) is 1.24. The molecule has 1 aromatic heterocycles. The van der Waals surface area contributed by atoms with Crippen molar-refractivity contribution in [1.82, 2.24) is 4.98 Å². The van der Waals surface area contributed by atoms with Crippen molar-refractivity contribution in [3.63, 3.8) is 0 Å². The normalized spacial score (nSPS) is 8.67. The third-order valence-electron chi connectivity index (χ3n) is 0.410. The second kappa shape index (κ2) is 1.26. The summed E-state index contributed by atoms with van der Waals surface area (Å²) in [5, 5.41) is 0.509. The van der Waals surface area contributed by atoms with Crippen LogP contribution in [-0.4, -0.2) is 4.98 Å². The molecule has 2 nitrogen and oxygen atoms in total. The van der Waals surface area contributed by atoms with Crippen molar-refractivity contribution >= 4 is 12.6 Å². The third kappa shape index (κ3) is 0.490. The van der Waals surface area contributed by atoms with Crippen molar-refractivity contribution in [2.75, 3.05) is 0 Å². The first-order chi connectivity index (χ1) is 2.89. The van der Waals surface area contributed by atoms with Crippen LogP contribution in [0.3, 0.4) is 0 Å². The predicted octanol–water partition coefficient (Wildman–Crippen LogP) is 1.23. The van der Waals surface area contributed by atoms with E-state index >= 15 is 0 Å². The molecular weight excluding hydrogens is 98.1 g/mol. The van der Waals surface area contributed by atoms with Crippen LogP contribution in [0.1, 0.15) is 0 Å². The highest BCUT2D eigenvalue weighted by Crippen LogP contribution is 1.96. The molecule has 1 rings (SSSR count).